The fourth-order valence-corrected chi connectivity index (χ4v) is 2.48. The van der Waals surface area contributed by atoms with E-state index in [9.17, 15) is 0 Å². The number of nitrogens with one attached hydrogen (secondary N) is 1. The molecule has 0 spiro atoms. The van der Waals surface area contributed by atoms with E-state index in [-0.39, 0.29) is 0 Å². The highest BCUT2D eigenvalue weighted by Crippen LogP contribution is 2.41. The molecule has 3 heteroatoms. The maximum Gasteiger partial charge on any atom is 0.118 e. The van der Waals surface area contributed by atoms with E-state index in [4.69, 9.17) is 9.47 Å². The molecule has 1 N–H and O–H groups in total. The van der Waals surface area contributed by atoms with Gasteiger partial charge in [-0.3, -0.25) is 0 Å². The molecular weight excluding hydrogens is 250 g/mol. The van der Waals surface area contributed by atoms with Crippen molar-refractivity contribution in [3.05, 3.63) is 29.8 Å². The molecule has 112 valence electrons. The summed E-state index contributed by atoms with van der Waals surface area (Å²) in [6, 6.07) is 8.96. The molecule has 0 heterocycles. The molecule has 0 bridgehead atoms. The van der Waals surface area contributed by atoms with Crippen molar-refractivity contribution in [3.8, 4) is 5.75 Å². The molecule has 1 aliphatic rings. The van der Waals surface area contributed by atoms with Crippen molar-refractivity contribution in [3.63, 3.8) is 0 Å². The lowest BCUT2D eigenvalue weighted by Gasteiger charge is -2.19. The molecule has 1 aliphatic carbocycles. The molecule has 0 aromatic heterocycles. The van der Waals surface area contributed by atoms with Gasteiger partial charge >= 0.3 is 0 Å². The van der Waals surface area contributed by atoms with Gasteiger partial charge in [0.15, 0.2) is 0 Å². The number of hydrogen-bond donors (Lipinski definition) is 1. The van der Waals surface area contributed by atoms with E-state index >= 15 is 0 Å². The summed E-state index contributed by atoms with van der Waals surface area (Å²) in [4.78, 5) is 0. The van der Waals surface area contributed by atoms with E-state index in [2.05, 4.69) is 36.5 Å². The van der Waals surface area contributed by atoms with E-state index in [1.807, 2.05) is 0 Å². The normalized spacial score (nSPS) is 16.1. The Labute approximate surface area is 122 Å². The van der Waals surface area contributed by atoms with Crippen LogP contribution in [0.25, 0.3) is 0 Å². The minimum absolute atomic E-state index is 0.493. The van der Waals surface area contributed by atoms with E-state index in [0.29, 0.717) is 6.04 Å². The molecule has 3 nitrogen and oxygen atoms in total. The molecular formula is C17H27NO2. The monoisotopic (exact) mass is 277 g/mol. The van der Waals surface area contributed by atoms with Crippen molar-refractivity contribution in [2.45, 2.75) is 38.6 Å². The Balaban J connectivity index is 1.78. The first-order valence-corrected chi connectivity index (χ1v) is 7.80. The molecule has 1 aromatic carbocycles. The first-order chi connectivity index (χ1) is 9.85. The largest absolute Gasteiger partial charge is 0.497 e. The second-order valence-electron chi connectivity index (χ2n) is 5.51. The van der Waals surface area contributed by atoms with Gasteiger partial charge in [-0.2, -0.15) is 0 Å². The first-order valence-electron chi connectivity index (χ1n) is 7.80. The van der Waals surface area contributed by atoms with Crippen LogP contribution in [-0.2, 0) is 4.74 Å². The molecule has 2 rings (SSSR count). The van der Waals surface area contributed by atoms with Gasteiger partial charge in [0.05, 0.1) is 7.11 Å². The zero-order valence-corrected chi connectivity index (χ0v) is 12.7. The topological polar surface area (TPSA) is 30.5 Å². The van der Waals surface area contributed by atoms with Gasteiger partial charge in [0.25, 0.3) is 0 Å². The molecule has 20 heavy (non-hydrogen) atoms. The van der Waals surface area contributed by atoms with Crippen molar-refractivity contribution in [2.75, 3.05) is 26.9 Å². The van der Waals surface area contributed by atoms with Crippen LogP contribution < -0.4 is 10.1 Å². The van der Waals surface area contributed by atoms with E-state index in [0.717, 1.165) is 44.3 Å². The average Bonchev–Trinajstić information content (AvgIpc) is 3.31. The number of methoxy groups -OCH3 is 1. The van der Waals surface area contributed by atoms with Crippen LogP contribution in [0.5, 0.6) is 5.75 Å². The van der Waals surface area contributed by atoms with Crippen LogP contribution in [-0.4, -0.2) is 26.9 Å². The SMILES string of the molecule is CCCOCCCNC(c1ccc(OC)cc1)C1CC1. The lowest BCUT2D eigenvalue weighted by Crippen LogP contribution is -2.25. The molecule has 0 amide bonds. The minimum Gasteiger partial charge on any atom is -0.497 e. The second-order valence-corrected chi connectivity index (χ2v) is 5.51. The highest BCUT2D eigenvalue weighted by Gasteiger charge is 2.31. The van der Waals surface area contributed by atoms with Crippen molar-refractivity contribution >= 4 is 0 Å². The Hall–Kier alpha value is -1.06. The fourth-order valence-electron chi connectivity index (χ4n) is 2.48. The van der Waals surface area contributed by atoms with Gasteiger partial charge in [-0.25, -0.2) is 0 Å². The van der Waals surface area contributed by atoms with Crippen LogP contribution in [0, 0.1) is 5.92 Å². The molecule has 1 unspecified atom stereocenters. The number of ether oxygens (including phenoxy) is 2. The summed E-state index contributed by atoms with van der Waals surface area (Å²) in [5, 5.41) is 3.69. The standard InChI is InChI=1S/C17H27NO2/c1-3-12-20-13-4-11-18-17(14-5-6-14)15-7-9-16(19-2)10-8-15/h7-10,14,17-18H,3-6,11-13H2,1-2H3. The van der Waals surface area contributed by atoms with Crippen molar-refractivity contribution < 1.29 is 9.47 Å². The predicted molar refractivity (Wildman–Crippen MR) is 82.2 cm³/mol. The summed E-state index contributed by atoms with van der Waals surface area (Å²) < 4.78 is 10.7. The van der Waals surface area contributed by atoms with E-state index < -0.39 is 0 Å². The Morgan fingerprint density at radius 1 is 1.20 bits per heavy atom. The lowest BCUT2D eigenvalue weighted by molar-refractivity contribution is 0.131. The highest BCUT2D eigenvalue weighted by atomic mass is 16.5. The van der Waals surface area contributed by atoms with Crippen LogP contribution in [0.15, 0.2) is 24.3 Å². The van der Waals surface area contributed by atoms with E-state index in [1.165, 1.54) is 18.4 Å². The second kappa shape index (κ2) is 8.28. The van der Waals surface area contributed by atoms with Crippen LogP contribution in [0.2, 0.25) is 0 Å². The molecule has 0 aliphatic heterocycles. The third-order valence-electron chi connectivity index (χ3n) is 3.75. The van der Waals surface area contributed by atoms with Crippen molar-refractivity contribution in [1.82, 2.24) is 5.32 Å². The van der Waals surface area contributed by atoms with E-state index in [1.54, 1.807) is 7.11 Å². The van der Waals surface area contributed by atoms with Crippen LogP contribution in [0.1, 0.15) is 44.2 Å². The summed E-state index contributed by atoms with van der Waals surface area (Å²) in [5.41, 5.74) is 1.38. The smallest absolute Gasteiger partial charge is 0.118 e. The van der Waals surface area contributed by atoms with Crippen LogP contribution in [0.4, 0.5) is 0 Å². The Morgan fingerprint density at radius 3 is 2.55 bits per heavy atom. The molecule has 1 atom stereocenters. The Morgan fingerprint density at radius 2 is 1.95 bits per heavy atom. The lowest BCUT2D eigenvalue weighted by atomic mass is 10.0. The maximum absolute atomic E-state index is 5.52. The maximum atomic E-state index is 5.52. The van der Waals surface area contributed by atoms with Gasteiger partial charge < -0.3 is 14.8 Å². The Kier molecular flexibility index (Phi) is 6.34. The molecule has 1 saturated carbocycles. The third-order valence-corrected chi connectivity index (χ3v) is 3.75. The highest BCUT2D eigenvalue weighted by molar-refractivity contribution is 5.30. The first kappa shape index (κ1) is 15.3. The summed E-state index contributed by atoms with van der Waals surface area (Å²) in [6.07, 6.45) is 4.87. The Bertz CT molecular complexity index is 373. The van der Waals surface area contributed by atoms with Crippen molar-refractivity contribution in [2.24, 2.45) is 5.92 Å². The molecule has 0 radical (unpaired) electrons. The zero-order valence-electron chi connectivity index (χ0n) is 12.7. The summed E-state index contributed by atoms with van der Waals surface area (Å²) in [5.74, 6) is 1.73. The summed E-state index contributed by atoms with van der Waals surface area (Å²) in [7, 11) is 1.71. The minimum atomic E-state index is 0.493. The number of hydrogen-bond acceptors (Lipinski definition) is 3. The predicted octanol–water partition coefficient (Wildman–Crippen LogP) is 3.55. The quantitative estimate of drug-likeness (QED) is 0.663. The van der Waals surface area contributed by atoms with Crippen LogP contribution >= 0.6 is 0 Å². The van der Waals surface area contributed by atoms with Gasteiger partial charge in [-0.1, -0.05) is 19.1 Å². The van der Waals surface area contributed by atoms with Crippen LogP contribution in [0.3, 0.4) is 0 Å². The molecule has 0 saturated heterocycles. The third kappa shape index (κ3) is 4.80. The van der Waals surface area contributed by atoms with Gasteiger partial charge in [-0.05, 0) is 55.8 Å². The summed E-state index contributed by atoms with van der Waals surface area (Å²) >= 11 is 0. The van der Waals surface area contributed by atoms with Gasteiger partial charge in [0.1, 0.15) is 5.75 Å². The zero-order chi connectivity index (χ0) is 14.2. The summed E-state index contributed by atoms with van der Waals surface area (Å²) in [6.45, 7) is 4.91. The van der Waals surface area contributed by atoms with Gasteiger partial charge in [-0.15, -0.1) is 0 Å². The molecule has 1 fully saturated rings. The average molecular weight is 277 g/mol. The number of benzene rings is 1. The molecule has 1 aromatic rings. The van der Waals surface area contributed by atoms with Crippen molar-refractivity contribution in [1.29, 1.82) is 0 Å². The fraction of sp³-hybridized carbons (Fsp3) is 0.647. The number of rotatable bonds is 10. The van der Waals surface area contributed by atoms with Gasteiger partial charge in [0, 0.05) is 19.3 Å². The van der Waals surface area contributed by atoms with Gasteiger partial charge in [0.2, 0.25) is 0 Å².